The molecule has 2 aromatic carbocycles. The number of nitrogens with one attached hydrogen (secondary N) is 1. The minimum absolute atomic E-state index is 0.0869. The molecule has 0 aliphatic carbocycles. The van der Waals surface area contributed by atoms with Crippen LogP contribution in [0.25, 0.3) is 0 Å². The van der Waals surface area contributed by atoms with Gasteiger partial charge in [-0.3, -0.25) is 9.59 Å². The lowest BCUT2D eigenvalue weighted by Crippen LogP contribution is -2.45. The van der Waals surface area contributed by atoms with Crippen LogP contribution in [-0.4, -0.2) is 38.6 Å². The fraction of sp³-hybridized carbons (Fsp3) is 0.333. The van der Waals surface area contributed by atoms with Crippen molar-refractivity contribution >= 4 is 23.2 Å². The van der Waals surface area contributed by atoms with Crippen LogP contribution in [-0.2, 0) is 16.1 Å². The second-order valence-corrected chi connectivity index (χ2v) is 6.81. The Morgan fingerprint density at radius 3 is 2.56 bits per heavy atom. The molecule has 6 nitrogen and oxygen atoms in total. The van der Waals surface area contributed by atoms with Crippen molar-refractivity contribution in [3.8, 4) is 5.75 Å². The standard InChI is InChI=1S/C21H25N3O3/c1-15-21(26)24(18-6-4-5-7-19(18)27-15)13-12-20(25)22-14-16-8-10-17(11-9-16)23(2)3/h4-11,15H,12-14H2,1-3H3,(H,22,25). The lowest BCUT2D eigenvalue weighted by atomic mass is 10.1. The molecule has 1 N–H and O–H groups in total. The van der Waals surface area contributed by atoms with E-state index in [-0.39, 0.29) is 18.2 Å². The Morgan fingerprint density at radius 2 is 1.85 bits per heavy atom. The first-order chi connectivity index (χ1) is 13.0. The average Bonchev–Trinajstić information content (AvgIpc) is 2.67. The van der Waals surface area contributed by atoms with E-state index in [0.717, 1.165) is 11.3 Å². The molecule has 1 atom stereocenters. The topological polar surface area (TPSA) is 61.9 Å². The highest BCUT2D eigenvalue weighted by Gasteiger charge is 2.31. The summed E-state index contributed by atoms with van der Waals surface area (Å²) >= 11 is 0. The van der Waals surface area contributed by atoms with Crippen LogP contribution in [0.3, 0.4) is 0 Å². The minimum atomic E-state index is -0.543. The summed E-state index contributed by atoms with van der Waals surface area (Å²) in [6.07, 6.45) is -0.305. The summed E-state index contributed by atoms with van der Waals surface area (Å²) in [5, 5.41) is 2.92. The Bertz CT molecular complexity index is 818. The van der Waals surface area contributed by atoms with Crippen molar-refractivity contribution in [2.45, 2.75) is 26.0 Å². The van der Waals surface area contributed by atoms with Gasteiger partial charge in [0.2, 0.25) is 5.91 Å². The number of carbonyl (C=O) groups excluding carboxylic acids is 2. The van der Waals surface area contributed by atoms with Crippen molar-refractivity contribution in [3.63, 3.8) is 0 Å². The van der Waals surface area contributed by atoms with Crippen molar-refractivity contribution in [2.75, 3.05) is 30.4 Å². The zero-order valence-corrected chi connectivity index (χ0v) is 15.9. The molecule has 27 heavy (non-hydrogen) atoms. The molecule has 0 aromatic heterocycles. The molecule has 1 aliphatic heterocycles. The number of hydrogen-bond donors (Lipinski definition) is 1. The molecule has 1 unspecified atom stereocenters. The summed E-state index contributed by atoms with van der Waals surface area (Å²) in [6, 6.07) is 15.4. The van der Waals surface area contributed by atoms with Gasteiger partial charge in [0.15, 0.2) is 6.10 Å². The fourth-order valence-corrected chi connectivity index (χ4v) is 3.00. The molecule has 0 saturated heterocycles. The van der Waals surface area contributed by atoms with E-state index >= 15 is 0 Å². The molecule has 0 spiro atoms. The maximum atomic E-state index is 12.4. The van der Waals surface area contributed by atoms with Gasteiger partial charge in [0.05, 0.1) is 5.69 Å². The molecule has 142 valence electrons. The van der Waals surface area contributed by atoms with E-state index in [9.17, 15) is 9.59 Å². The predicted octanol–water partition coefficient (Wildman–Crippen LogP) is 2.57. The molecule has 1 heterocycles. The lowest BCUT2D eigenvalue weighted by Gasteiger charge is -2.32. The molecule has 0 radical (unpaired) electrons. The molecule has 2 aromatic rings. The van der Waals surface area contributed by atoms with Gasteiger partial charge in [-0.05, 0) is 36.8 Å². The van der Waals surface area contributed by atoms with Crippen LogP contribution in [0.5, 0.6) is 5.75 Å². The van der Waals surface area contributed by atoms with Gasteiger partial charge in [-0.25, -0.2) is 0 Å². The Balaban J connectivity index is 1.55. The zero-order chi connectivity index (χ0) is 19.4. The molecule has 0 fully saturated rings. The highest BCUT2D eigenvalue weighted by Crippen LogP contribution is 2.33. The van der Waals surface area contributed by atoms with Gasteiger partial charge in [-0.2, -0.15) is 0 Å². The third-order valence-electron chi connectivity index (χ3n) is 4.58. The monoisotopic (exact) mass is 367 g/mol. The Kier molecular flexibility index (Phi) is 5.64. The largest absolute Gasteiger partial charge is 0.479 e. The first-order valence-electron chi connectivity index (χ1n) is 9.05. The number of rotatable bonds is 6. The molecular weight excluding hydrogens is 342 g/mol. The number of carbonyl (C=O) groups is 2. The number of nitrogens with zero attached hydrogens (tertiary/aromatic N) is 2. The highest BCUT2D eigenvalue weighted by atomic mass is 16.5. The summed E-state index contributed by atoms with van der Waals surface area (Å²) in [5.41, 5.74) is 2.87. The van der Waals surface area contributed by atoms with Gasteiger partial charge in [-0.1, -0.05) is 24.3 Å². The van der Waals surface area contributed by atoms with Crippen LogP contribution in [0.15, 0.2) is 48.5 Å². The molecular formula is C21H25N3O3. The van der Waals surface area contributed by atoms with Crippen molar-refractivity contribution < 1.29 is 14.3 Å². The lowest BCUT2D eigenvalue weighted by molar-refractivity contribution is -0.125. The second-order valence-electron chi connectivity index (χ2n) is 6.81. The Labute approximate surface area is 159 Å². The van der Waals surface area contributed by atoms with Crippen molar-refractivity contribution in [1.82, 2.24) is 5.32 Å². The Hall–Kier alpha value is -3.02. The van der Waals surface area contributed by atoms with E-state index in [0.29, 0.717) is 24.5 Å². The van der Waals surface area contributed by atoms with Gasteiger partial charge >= 0.3 is 0 Å². The van der Waals surface area contributed by atoms with Gasteiger partial charge < -0.3 is 19.9 Å². The van der Waals surface area contributed by atoms with Crippen molar-refractivity contribution in [1.29, 1.82) is 0 Å². The highest BCUT2D eigenvalue weighted by molar-refractivity contribution is 6.00. The van der Waals surface area contributed by atoms with E-state index in [1.54, 1.807) is 11.8 Å². The van der Waals surface area contributed by atoms with Crippen LogP contribution in [0.4, 0.5) is 11.4 Å². The van der Waals surface area contributed by atoms with Crippen LogP contribution in [0.2, 0.25) is 0 Å². The van der Waals surface area contributed by atoms with E-state index in [2.05, 4.69) is 5.32 Å². The van der Waals surface area contributed by atoms with Crippen LogP contribution >= 0.6 is 0 Å². The Morgan fingerprint density at radius 1 is 1.15 bits per heavy atom. The van der Waals surface area contributed by atoms with Crippen molar-refractivity contribution in [3.05, 3.63) is 54.1 Å². The van der Waals surface area contributed by atoms with Crippen LogP contribution < -0.4 is 19.9 Å². The molecule has 1 aliphatic rings. The van der Waals surface area contributed by atoms with Crippen molar-refractivity contribution in [2.24, 2.45) is 0 Å². The SMILES string of the molecule is CC1Oc2ccccc2N(CCC(=O)NCc2ccc(N(C)C)cc2)C1=O. The molecule has 2 amide bonds. The summed E-state index contributed by atoms with van der Waals surface area (Å²) in [5.74, 6) is 0.461. The first-order valence-corrected chi connectivity index (χ1v) is 9.05. The van der Waals surface area contributed by atoms with E-state index in [1.165, 1.54) is 0 Å². The predicted molar refractivity (Wildman–Crippen MR) is 106 cm³/mol. The number of para-hydroxylation sites is 2. The number of benzene rings is 2. The maximum Gasteiger partial charge on any atom is 0.267 e. The summed E-state index contributed by atoms with van der Waals surface area (Å²) < 4.78 is 5.62. The molecule has 3 rings (SSSR count). The number of anilines is 2. The normalized spacial score (nSPS) is 15.7. The summed E-state index contributed by atoms with van der Waals surface area (Å²) in [6.45, 7) is 2.52. The van der Waals surface area contributed by atoms with Gasteiger partial charge in [-0.15, -0.1) is 0 Å². The summed E-state index contributed by atoms with van der Waals surface area (Å²) in [7, 11) is 3.98. The minimum Gasteiger partial charge on any atom is -0.479 e. The van der Waals surface area contributed by atoms with E-state index < -0.39 is 6.10 Å². The third-order valence-corrected chi connectivity index (χ3v) is 4.58. The first kappa shape index (κ1) is 18.8. The molecule has 0 bridgehead atoms. The number of hydrogen-bond acceptors (Lipinski definition) is 4. The average molecular weight is 367 g/mol. The van der Waals surface area contributed by atoms with Crippen LogP contribution in [0.1, 0.15) is 18.9 Å². The van der Waals surface area contributed by atoms with Gasteiger partial charge in [0.25, 0.3) is 5.91 Å². The zero-order valence-electron chi connectivity index (χ0n) is 15.9. The number of ether oxygens (including phenoxy) is 1. The third kappa shape index (κ3) is 4.39. The summed E-state index contributed by atoms with van der Waals surface area (Å²) in [4.78, 5) is 28.3. The van der Waals surface area contributed by atoms with Gasteiger partial charge in [0.1, 0.15) is 5.75 Å². The smallest absolute Gasteiger partial charge is 0.267 e. The molecule has 6 heteroatoms. The maximum absolute atomic E-state index is 12.4. The quantitative estimate of drug-likeness (QED) is 0.852. The fourth-order valence-electron chi connectivity index (χ4n) is 3.00. The van der Waals surface area contributed by atoms with E-state index in [4.69, 9.17) is 4.74 Å². The number of amides is 2. The van der Waals surface area contributed by atoms with E-state index in [1.807, 2.05) is 67.5 Å². The molecule has 0 saturated carbocycles. The second kappa shape index (κ2) is 8.12. The van der Waals surface area contributed by atoms with Gasteiger partial charge in [0, 0.05) is 39.3 Å². The number of fused-ring (bicyclic) bond motifs is 1. The van der Waals surface area contributed by atoms with Crippen LogP contribution in [0, 0.1) is 0 Å².